The number of hydrogen-bond donors (Lipinski definition) is 2. The Morgan fingerprint density at radius 2 is 2.00 bits per heavy atom. The van der Waals surface area contributed by atoms with Crippen LogP contribution in [0.4, 0.5) is 10.1 Å². The zero-order valence-corrected chi connectivity index (χ0v) is 10.3. The lowest BCUT2D eigenvalue weighted by atomic mass is 10.1. The summed E-state index contributed by atoms with van der Waals surface area (Å²) in [6, 6.07) is 3.92. The van der Waals surface area contributed by atoms with E-state index in [2.05, 4.69) is 10.1 Å². The first-order valence-electron chi connectivity index (χ1n) is 5.17. The molecule has 2 N–H and O–H groups in total. The van der Waals surface area contributed by atoms with Gasteiger partial charge in [-0.05, 0) is 37.6 Å². The number of hydrogen-bond acceptors (Lipinski definition) is 3. The smallest absolute Gasteiger partial charge is 0.345 e. The SMILES string of the molecule is COC(C)(C(=O)O)C(=O)Nc1cc(C)cc(F)c1. The number of halogens is 1. The first kappa shape index (κ1) is 14.1. The van der Waals surface area contributed by atoms with Gasteiger partial charge in [-0.25, -0.2) is 9.18 Å². The zero-order valence-electron chi connectivity index (χ0n) is 10.3. The predicted octanol–water partition coefficient (Wildman–Crippen LogP) is 1.56. The number of anilines is 1. The number of nitrogens with one attached hydrogen (secondary N) is 1. The molecule has 1 unspecified atom stereocenters. The van der Waals surface area contributed by atoms with Crippen LogP contribution in [0, 0.1) is 12.7 Å². The normalized spacial score (nSPS) is 13.8. The van der Waals surface area contributed by atoms with Gasteiger partial charge in [-0.3, -0.25) is 4.79 Å². The largest absolute Gasteiger partial charge is 0.479 e. The van der Waals surface area contributed by atoms with Gasteiger partial charge in [0.05, 0.1) is 0 Å². The average molecular weight is 255 g/mol. The zero-order chi connectivity index (χ0) is 13.9. The molecule has 0 aliphatic rings. The molecule has 0 aliphatic heterocycles. The number of aryl methyl sites for hydroxylation is 1. The number of carboxylic acids is 1. The molecule has 6 heteroatoms. The molecule has 1 amide bonds. The number of methoxy groups -OCH3 is 1. The Labute approximate surface area is 104 Å². The summed E-state index contributed by atoms with van der Waals surface area (Å²) in [5.41, 5.74) is -1.22. The van der Waals surface area contributed by atoms with E-state index >= 15 is 0 Å². The van der Waals surface area contributed by atoms with Crippen molar-refractivity contribution in [3.05, 3.63) is 29.6 Å². The molecule has 0 radical (unpaired) electrons. The van der Waals surface area contributed by atoms with E-state index in [-0.39, 0.29) is 5.69 Å². The number of aliphatic carboxylic acids is 1. The van der Waals surface area contributed by atoms with Crippen molar-refractivity contribution >= 4 is 17.6 Å². The molecule has 5 nitrogen and oxygen atoms in total. The fourth-order valence-corrected chi connectivity index (χ4v) is 1.34. The van der Waals surface area contributed by atoms with Crippen LogP contribution in [-0.4, -0.2) is 29.7 Å². The second-order valence-corrected chi connectivity index (χ2v) is 4.01. The fourth-order valence-electron chi connectivity index (χ4n) is 1.34. The van der Waals surface area contributed by atoms with Crippen LogP contribution >= 0.6 is 0 Å². The molecule has 0 saturated carbocycles. The molecule has 1 rings (SSSR count). The average Bonchev–Trinajstić information content (AvgIpc) is 2.25. The first-order chi connectivity index (χ1) is 8.29. The molecule has 0 aliphatic carbocycles. The van der Waals surface area contributed by atoms with E-state index in [1.807, 2.05) is 0 Å². The third-order valence-corrected chi connectivity index (χ3v) is 2.55. The number of carboxylic acid groups (broad SMARTS) is 1. The minimum absolute atomic E-state index is 0.182. The Kier molecular flexibility index (Phi) is 4.03. The molecule has 0 heterocycles. The highest BCUT2D eigenvalue weighted by Gasteiger charge is 2.41. The lowest BCUT2D eigenvalue weighted by molar-refractivity contribution is -0.165. The standard InChI is InChI=1S/C12H14FNO4/c1-7-4-8(13)6-9(5-7)14-10(15)12(2,18-3)11(16)17/h4-6H,1-3H3,(H,14,15)(H,16,17). The third-order valence-electron chi connectivity index (χ3n) is 2.55. The molecule has 1 aromatic carbocycles. The van der Waals surface area contributed by atoms with Gasteiger partial charge in [0.2, 0.25) is 5.60 Å². The lowest BCUT2D eigenvalue weighted by Crippen LogP contribution is -2.48. The molecule has 1 atom stereocenters. The first-order valence-corrected chi connectivity index (χ1v) is 5.17. The lowest BCUT2D eigenvalue weighted by Gasteiger charge is -2.21. The van der Waals surface area contributed by atoms with Gasteiger partial charge in [-0.1, -0.05) is 0 Å². The Morgan fingerprint density at radius 3 is 2.44 bits per heavy atom. The predicted molar refractivity (Wildman–Crippen MR) is 62.8 cm³/mol. The van der Waals surface area contributed by atoms with Crippen LogP contribution < -0.4 is 5.32 Å². The van der Waals surface area contributed by atoms with Gasteiger partial charge in [-0.15, -0.1) is 0 Å². The summed E-state index contributed by atoms with van der Waals surface area (Å²) in [4.78, 5) is 22.7. The molecule has 0 bridgehead atoms. The Hall–Kier alpha value is -1.95. The van der Waals surface area contributed by atoms with Crippen LogP contribution in [-0.2, 0) is 14.3 Å². The fraction of sp³-hybridized carbons (Fsp3) is 0.333. The summed E-state index contributed by atoms with van der Waals surface area (Å²) in [6.07, 6.45) is 0. The van der Waals surface area contributed by atoms with E-state index in [1.165, 1.54) is 12.1 Å². The third kappa shape index (κ3) is 2.84. The van der Waals surface area contributed by atoms with E-state index in [9.17, 15) is 14.0 Å². The van der Waals surface area contributed by atoms with Gasteiger partial charge < -0.3 is 15.2 Å². The summed E-state index contributed by atoms with van der Waals surface area (Å²) in [5, 5.41) is 11.2. The van der Waals surface area contributed by atoms with Crippen molar-refractivity contribution in [3.8, 4) is 0 Å². The second-order valence-electron chi connectivity index (χ2n) is 4.01. The number of rotatable bonds is 4. The van der Waals surface area contributed by atoms with Crippen molar-refractivity contribution < 1.29 is 23.8 Å². The summed E-state index contributed by atoms with van der Waals surface area (Å²) in [6.45, 7) is 2.78. The van der Waals surface area contributed by atoms with Crippen LogP contribution in [0.5, 0.6) is 0 Å². The summed E-state index contributed by atoms with van der Waals surface area (Å²) in [7, 11) is 1.12. The summed E-state index contributed by atoms with van der Waals surface area (Å²) < 4.78 is 17.8. The maximum absolute atomic E-state index is 13.1. The molecule has 0 aromatic heterocycles. The van der Waals surface area contributed by atoms with E-state index in [1.54, 1.807) is 6.92 Å². The number of benzene rings is 1. The van der Waals surface area contributed by atoms with Crippen LogP contribution in [0.2, 0.25) is 0 Å². The quantitative estimate of drug-likeness (QED) is 0.800. The van der Waals surface area contributed by atoms with Gasteiger partial charge in [0.1, 0.15) is 5.82 Å². The van der Waals surface area contributed by atoms with Crippen LogP contribution in [0.25, 0.3) is 0 Å². The molecule has 98 valence electrons. The van der Waals surface area contributed by atoms with Gasteiger partial charge in [0.15, 0.2) is 0 Å². The van der Waals surface area contributed by atoms with Gasteiger partial charge in [0, 0.05) is 12.8 Å². The van der Waals surface area contributed by atoms with Crippen molar-refractivity contribution in [2.75, 3.05) is 12.4 Å². The summed E-state index contributed by atoms with van der Waals surface area (Å²) in [5.74, 6) is -2.81. The molecular formula is C12H14FNO4. The van der Waals surface area contributed by atoms with Gasteiger partial charge in [-0.2, -0.15) is 0 Å². The van der Waals surface area contributed by atoms with E-state index < -0.39 is 23.3 Å². The summed E-state index contributed by atoms with van der Waals surface area (Å²) >= 11 is 0. The number of ether oxygens (including phenoxy) is 1. The van der Waals surface area contributed by atoms with Crippen LogP contribution in [0.1, 0.15) is 12.5 Å². The van der Waals surface area contributed by atoms with Crippen molar-refractivity contribution in [2.45, 2.75) is 19.4 Å². The van der Waals surface area contributed by atoms with Crippen molar-refractivity contribution in [3.63, 3.8) is 0 Å². The topological polar surface area (TPSA) is 75.6 Å². The van der Waals surface area contributed by atoms with Crippen molar-refractivity contribution in [1.29, 1.82) is 0 Å². The number of carbonyl (C=O) groups excluding carboxylic acids is 1. The maximum Gasteiger partial charge on any atom is 0.345 e. The molecule has 0 fully saturated rings. The highest BCUT2D eigenvalue weighted by Crippen LogP contribution is 2.17. The second kappa shape index (κ2) is 5.14. The Bertz CT molecular complexity index is 469. The molecule has 0 saturated heterocycles. The number of amides is 1. The number of carbonyl (C=O) groups is 2. The van der Waals surface area contributed by atoms with Crippen molar-refractivity contribution in [2.24, 2.45) is 0 Å². The van der Waals surface area contributed by atoms with Crippen LogP contribution in [0.15, 0.2) is 18.2 Å². The van der Waals surface area contributed by atoms with Gasteiger partial charge >= 0.3 is 5.97 Å². The molecular weight excluding hydrogens is 241 g/mol. The van der Waals surface area contributed by atoms with Crippen LogP contribution in [0.3, 0.4) is 0 Å². The molecule has 1 aromatic rings. The van der Waals surface area contributed by atoms with Crippen molar-refractivity contribution in [1.82, 2.24) is 0 Å². The highest BCUT2D eigenvalue weighted by atomic mass is 19.1. The Balaban J connectivity index is 2.97. The molecule has 18 heavy (non-hydrogen) atoms. The highest BCUT2D eigenvalue weighted by molar-refractivity contribution is 6.11. The Morgan fingerprint density at radius 1 is 1.39 bits per heavy atom. The molecule has 0 spiro atoms. The van der Waals surface area contributed by atoms with E-state index in [0.29, 0.717) is 5.56 Å². The maximum atomic E-state index is 13.1. The minimum atomic E-state index is -2.01. The van der Waals surface area contributed by atoms with E-state index in [0.717, 1.165) is 20.1 Å². The minimum Gasteiger partial charge on any atom is -0.479 e. The van der Waals surface area contributed by atoms with E-state index in [4.69, 9.17) is 5.11 Å². The van der Waals surface area contributed by atoms with Gasteiger partial charge in [0.25, 0.3) is 5.91 Å². The monoisotopic (exact) mass is 255 g/mol.